The van der Waals surface area contributed by atoms with E-state index < -0.39 is 11.3 Å². The highest BCUT2D eigenvalue weighted by Gasteiger charge is 2.71. The van der Waals surface area contributed by atoms with E-state index in [0.29, 0.717) is 19.8 Å². The molecular formula is C21H36N2O4S3. The quantitative estimate of drug-likeness (QED) is 0.608. The maximum absolute atomic E-state index is 7.07. The van der Waals surface area contributed by atoms with Gasteiger partial charge in [0.25, 0.3) is 0 Å². The van der Waals surface area contributed by atoms with E-state index in [4.69, 9.17) is 18.9 Å². The molecule has 0 radical (unpaired) electrons. The lowest BCUT2D eigenvalue weighted by Crippen LogP contribution is -2.83. The second-order valence-corrected chi connectivity index (χ2v) is 12.3. The predicted octanol–water partition coefficient (Wildman–Crippen LogP) is 2.23. The van der Waals surface area contributed by atoms with Crippen molar-refractivity contribution in [2.24, 2.45) is 0 Å². The lowest BCUT2D eigenvalue weighted by molar-refractivity contribution is -0.331. The van der Waals surface area contributed by atoms with Gasteiger partial charge in [0.15, 0.2) is 11.3 Å². The summed E-state index contributed by atoms with van der Waals surface area (Å²) in [7, 11) is 0. The first-order valence-electron chi connectivity index (χ1n) is 11.6. The highest BCUT2D eigenvalue weighted by Crippen LogP contribution is 2.56. The molecule has 0 aliphatic carbocycles. The van der Waals surface area contributed by atoms with Gasteiger partial charge in [0.1, 0.15) is 4.87 Å². The van der Waals surface area contributed by atoms with Gasteiger partial charge in [-0.15, -0.1) is 11.8 Å². The van der Waals surface area contributed by atoms with Gasteiger partial charge in [-0.2, -0.15) is 23.5 Å². The molecule has 0 saturated carbocycles. The molecule has 30 heavy (non-hydrogen) atoms. The first-order valence-corrected chi connectivity index (χ1v) is 14.9. The van der Waals surface area contributed by atoms with Crippen LogP contribution in [0.1, 0.15) is 19.3 Å². The average molecular weight is 477 g/mol. The van der Waals surface area contributed by atoms with Gasteiger partial charge in [-0.05, 0) is 12.8 Å². The fourth-order valence-corrected chi connectivity index (χ4v) is 10.6. The van der Waals surface area contributed by atoms with E-state index in [1.807, 2.05) is 11.8 Å². The number of thioether (sulfide) groups is 3. The van der Waals surface area contributed by atoms with Crippen molar-refractivity contribution >= 4 is 35.3 Å². The minimum absolute atomic E-state index is 0.120. The molecule has 5 fully saturated rings. The summed E-state index contributed by atoms with van der Waals surface area (Å²) in [5, 5.41) is 0. The van der Waals surface area contributed by atoms with Crippen LogP contribution in [0.25, 0.3) is 0 Å². The SMILES string of the molecule is C1CCN(C2(C3(C4(N5CCOCC5)CSCCS4)CSCCO3)COCCO2)CC1. The monoisotopic (exact) mass is 476 g/mol. The van der Waals surface area contributed by atoms with Crippen LogP contribution in [0.2, 0.25) is 0 Å². The fourth-order valence-electron chi connectivity index (χ4n) is 5.85. The second kappa shape index (κ2) is 9.97. The van der Waals surface area contributed by atoms with Crippen LogP contribution in [0.3, 0.4) is 0 Å². The Morgan fingerprint density at radius 1 is 0.633 bits per heavy atom. The van der Waals surface area contributed by atoms with Crippen molar-refractivity contribution in [2.45, 2.75) is 35.5 Å². The normalized spacial score (nSPS) is 42.8. The molecule has 5 rings (SSSR count). The number of likely N-dealkylation sites (tertiary alicyclic amines) is 1. The van der Waals surface area contributed by atoms with Crippen LogP contribution in [0.15, 0.2) is 0 Å². The third kappa shape index (κ3) is 3.78. The van der Waals surface area contributed by atoms with Crippen LogP contribution in [0.5, 0.6) is 0 Å². The molecule has 0 amide bonds. The van der Waals surface area contributed by atoms with Gasteiger partial charge < -0.3 is 18.9 Å². The maximum atomic E-state index is 7.07. The van der Waals surface area contributed by atoms with Gasteiger partial charge in [-0.3, -0.25) is 9.80 Å². The van der Waals surface area contributed by atoms with Gasteiger partial charge in [-0.25, -0.2) is 0 Å². The Labute approximate surface area is 193 Å². The summed E-state index contributed by atoms with van der Waals surface area (Å²) in [6.07, 6.45) is 3.79. The van der Waals surface area contributed by atoms with Crippen molar-refractivity contribution in [1.82, 2.24) is 9.80 Å². The second-order valence-electron chi connectivity index (χ2n) is 8.75. The van der Waals surface area contributed by atoms with Crippen LogP contribution < -0.4 is 0 Å². The van der Waals surface area contributed by atoms with Crippen molar-refractivity contribution in [3.05, 3.63) is 0 Å². The molecule has 0 aromatic rings. The summed E-state index contributed by atoms with van der Waals surface area (Å²) >= 11 is 6.26. The molecule has 6 nitrogen and oxygen atoms in total. The molecule has 0 aromatic carbocycles. The number of ether oxygens (including phenoxy) is 4. The smallest absolute Gasteiger partial charge is 0.177 e. The van der Waals surface area contributed by atoms with E-state index in [0.717, 1.165) is 69.0 Å². The third-order valence-corrected chi connectivity index (χ3v) is 11.5. The summed E-state index contributed by atoms with van der Waals surface area (Å²) in [5.41, 5.74) is -0.932. The summed E-state index contributed by atoms with van der Waals surface area (Å²) in [6.45, 7) is 8.47. The van der Waals surface area contributed by atoms with Crippen molar-refractivity contribution in [2.75, 3.05) is 94.6 Å². The van der Waals surface area contributed by atoms with Crippen LogP contribution in [0.4, 0.5) is 0 Å². The molecular weight excluding hydrogens is 440 g/mol. The topological polar surface area (TPSA) is 43.4 Å². The van der Waals surface area contributed by atoms with E-state index in [2.05, 4.69) is 33.3 Å². The number of rotatable bonds is 4. The minimum atomic E-state index is -0.512. The number of morpholine rings is 1. The summed E-state index contributed by atoms with van der Waals surface area (Å²) in [5.74, 6) is 5.49. The Balaban J connectivity index is 1.62. The summed E-state index contributed by atoms with van der Waals surface area (Å²) < 4.78 is 26.0. The van der Waals surface area contributed by atoms with E-state index >= 15 is 0 Å². The van der Waals surface area contributed by atoms with Gasteiger partial charge in [0.05, 0.1) is 39.6 Å². The lowest BCUT2D eigenvalue weighted by Gasteiger charge is -2.66. The van der Waals surface area contributed by atoms with Gasteiger partial charge in [0.2, 0.25) is 0 Å². The van der Waals surface area contributed by atoms with Gasteiger partial charge >= 0.3 is 0 Å². The standard InChI is InChI=1S/C21H36N2O4S3/c1-2-4-22(5-3-1)20(16-25-10-11-27-20)19(17-28-13-12-26-19)21(18-29-14-15-30-21)23-6-8-24-9-7-23/h1-18H2. The van der Waals surface area contributed by atoms with Crippen LogP contribution in [-0.4, -0.2) is 121 Å². The van der Waals surface area contributed by atoms with Gasteiger partial charge in [0, 0.05) is 54.9 Å². The zero-order valence-corrected chi connectivity index (χ0v) is 20.4. The molecule has 0 aromatic heterocycles. The zero-order chi connectivity index (χ0) is 20.3. The van der Waals surface area contributed by atoms with Crippen LogP contribution in [0, 0.1) is 0 Å². The highest BCUT2D eigenvalue weighted by molar-refractivity contribution is 8.07. The average Bonchev–Trinajstić information content (AvgIpc) is 2.86. The molecule has 5 saturated heterocycles. The van der Waals surface area contributed by atoms with Crippen molar-refractivity contribution < 1.29 is 18.9 Å². The van der Waals surface area contributed by atoms with Crippen molar-refractivity contribution in [1.29, 1.82) is 0 Å². The Hall–Kier alpha value is 0.810. The lowest BCUT2D eigenvalue weighted by atomic mass is 9.80. The first-order chi connectivity index (χ1) is 14.8. The Morgan fingerprint density at radius 2 is 1.47 bits per heavy atom. The molecule has 3 unspecified atom stereocenters. The molecule has 3 atom stereocenters. The minimum Gasteiger partial charge on any atom is -0.379 e. The van der Waals surface area contributed by atoms with Crippen molar-refractivity contribution in [3.63, 3.8) is 0 Å². The van der Waals surface area contributed by atoms with E-state index in [1.165, 1.54) is 25.0 Å². The summed E-state index contributed by atoms with van der Waals surface area (Å²) in [6, 6.07) is 0. The zero-order valence-electron chi connectivity index (χ0n) is 18.0. The van der Waals surface area contributed by atoms with Crippen LogP contribution >= 0.6 is 35.3 Å². The third-order valence-electron chi connectivity index (χ3n) is 7.26. The van der Waals surface area contributed by atoms with Crippen molar-refractivity contribution in [3.8, 4) is 0 Å². The molecule has 0 spiro atoms. The number of nitrogens with zero attached hydrogens (tertiary/aromatic N) is 2. The molecule has 0 N–H and O–H groups in total. The van der Waals surface area contributed by atoms with E-state index in [-0.39, 0.29) is 4.87 Å². The Kier molecular flexibility index (Phi) is 7.51. The first kappa shape index (κ1) is 22.6. The van der Waals surface area contributed by atoms with Crippen LogP contribution in [-0.2, 0) is 18.9 Å². The van der Waals surface area contributed by atoms with E-state index in [1.54, 1.807) is 0 Å². The molecule has 5 aliphatic heterocycles. The largest absolute Gasteiger partial charge is 0.379 e. The molecule has 5 heterocycles. The van der Waals surface area contributed by atoms with Gasteiger partial charge in [-0.1, -0.05) is 6.42 Å². The number of piperidine rings is 1. The summed E-state index contributed by atoms with van der Waals surface area (Å²) in [4.78, 5) is 5.19. The molecule has 5 aliphatic rings. The fraction of sp³-hybridized carbons (Fsp3) is 1.00. The number of hydrogen-bond acceptors (Lipinski definition) is 9. The Morgan fingerprint density at radius 3 is 2.13 bits per heavy atom. The number of hydrogen-bond donors (Lipinski definition) is 0. The molecule has 9 heteroatoms. The predicted molar refractivity (Wildman–Crippen MR) is 126 cm³/mol. The maximum Gasteiger partial charge on any atom is 0.177 e. The molecule has 172 valence electrons. The van der Waals surface area contributed by atoms with E-state index in [9.17, 15) is 0 Å². The Bertz CT molecular complexity index is 512. The highest BCUT2D eigenvalue weighted by atomic mass is 32.2. The molecule has 0 bridgehead atoms.